The largest absolute Gasteiger partial charge is 0.269 e. The van der Waals surface area contributed by atoms with Crippen molar-refractivity contribution >= 4 is 11.8 Å². The van der Waals surface area contributed by atoms with Gasteiger partial charge in [-0.25, -0.2) is 0 Å². The summed E-state index contributed by atoms with van der Waals surface area (Å²) in [6.07, 6.45) is 0.454. The number of imide groups is 1. The van der Waals surface area contributed by atoms with E-state index in [4.69, 9.17) is 0 Å². The molecule has 2 amide bonds. The number of fused-ring (bicyclic) bond motifs is 1. The van der Waals surface area contributed by atoms with E-state index < -0.39 is 0 Å². The molecule has 0 fully saturated rings. The highest BCUT2D eigenvalue weighted by Gasteiger charge is 2.39. The smallest absolute Gasteiger partial charge is 0.262 e. The molecule has 3 nitrogen and oxygen atoms in total. The Bertz CT molecular complexity index is 629. The number of hydrogen-bond donors (Lipinski definition) is 0. The third-order valence-corrected chi connectivity index (χ3v) is 3.59. The minimum atomic E-state index is -0.316. The molecular formula is C17H14NO2. The second-order valence-electron chi connectivity index (χ2n) is 4.74. The van der Waals surface area contributed by atoms with Crippen LogP contribution in [0.4, 0.5) is 0 Å². The van der Waals surface area contributed by atoms with Crippen LogP contribution in [-0.2, 0) is 0 Å². The van der Waals surface area contributed by atoms with Crippen LogP contribution >= 0.6 is 0 Å². The molecule has 0 bridgehead atoms. The van der Waals surface area contributed by atoms with Crippen LogP contribution in [0.1, 0.15) is 38.7 Å². The maximum atomic E-state index is 12.5. The van der Waals surface area contributed by atoms with E-state index in [-0.39, 0.29) is 17.9 Å². The molecule has 2 aromatic rings. The lowest BCUT2D eigenvalue weighted by Gasteiger charge is -2.25. The van der Waals surface area contributed by atoms with Crippen LogP contribution < -0.4 is 0 Å². The molecule has 1 aliphatic heterocycles. The van der Waals surface area contributed by atoms with Crippen LogP contribution in [0, 0.1) is 6.92 Å². The molecule has 0 aliphatic carbocycles. The fraction of sp³-hybridized carbons (Fsp3) is 0.118. The Morgan fingerprint density at radius 3 is 1.85 bits per heavy atom. The zero-order valence-electron chi connectivity index (χ0n) is 11.0. The highest BCUT2D eigenvalue weighted by atomic mass is 16.2. The van der Waals surface area contributed by atoms with E-state index in [9.17, 15) is 9.59 Å². The molecule has 0 aromatic heterocycles. The second-order valence-corrected chi connectivity index (χ2v) is 4.74. The van der Waals surface area contributed by atoms with E-state index >= 15 is 0 Å². The summed E-state index contributed by atoms with van der Waals surface area (Å²) in [5.74, 6) is -0.466. The molecule has 3 heteroatoms. The Labute approximate surface area is 117 Å². The Balaban J connectivity index is 2.03. The van der Waals surface area contributed by atoms with Crippen molar-refractivity contribution in [1.29, 1.82) is 0 Å². The van der Waals surface area contributed by atoms with Crippen molar-refractivity contribution in [1.82, 2.24) is 4.90 Å². The third kappa shape index (κ3) is 1.83. The molecule has 0 saturated heterocycles. The lowest BCUT2D eigenvalue weighted by Crippen LogP contribution is -2.33. The van der Waals surface area contributed by atoms with Gasteiger partial charge >= 0.3 is 0 Å². The maximum Gasteiger partial charge on any atom is 0.262 e. The number of benzene rings is 2. The van der Waals surface area contributed by atoms with Crippen molar-refractivity contribution in [2.24, 2.45) is 0 Å². The summed E-state index contributed by atoms with van der Waals surface area (Å²) in [4.78, 5) is 26.2. The minimum Gasteiger partial charge on any atom is -0.269 e. The highest BCUT2D eigenvalue weighted by molar-refractivity contribution is 6.21. The fourth-order valence-corrected chi connectivity index (χ4v) is 2.61. The Hall–Kier alpha value is -2.42. The van der Waals surface area contributed by atoms with Gasteiger partial charge in [0.15, 0.2) is 0 Å². The quantitative estimate of drug-likeness (QED) is 0.798. The Morgan fingerprint density at radius 1 is 0.850 bits per heavy atom. The predicted octanol–water partition coefficient (Wildman–Crippen LogP) is 3.25. The molecule has 0 saturated carbocycles. The Morgan fingerprint density at radius 2 is 1.35 bits per heavy atom. The Kier molecular flexibility index (Phi) is 3.11. The van der Waals surface area contributed by atoms with Gasteiger partial charge in [0.1, 0.15) is 0 Å². The second kappa shape index (κ2) is 4.93. The van der Waals surface area contributed by atoms with Crippen LogP contribution in [0.25, 0.3) is 0 Å². The summed E-state index contributed by atoms with van der Waals surface area (Å²) >= 11 is 0. The number of nitrogens with zero attached hydrogens (tertiary/aromatic N) is 1. The van der Waals surface area contributed by atoms with Gasteiger partial charge in [-0.1, -0.05) is 49.4 Å². The molecule has 99 valence electrons. The summed E-state index contributed by atoms with van der Waals surface area (Å²) < 4.78 is 0. The molecule has 1 aliphatic rings. The molecule has 1 radical (unpaired) electrons. The average molecular weight is 264 g/mol. The van der Waals surface area contributed by atoms with Crippen molar-refractivity contribution in [3.05, 3.63) is 78.2 Å². The number of carbonyl (C=O) groups is 2. The monoisotopic (exact) mass is 264 g/mol. The first-order valence-electron chi connectivity index (χ1n) is 6.55. The molecule has 20 heavy (non-hydrogen) atoms. The van der Waals surface area contributed by atoms with Gasteiger partial charge in [0.2, 0.25) is 0 Å². The van der Waals surface area contributed by atoms with Crippen LogP contribution in [0.2, 0.25) is 0 Å². The molecule has 1 heterocycles. The van der Waals surface area contributed by atoms with Crippen molar-refractivity contribution in [2.45, 2.75) is 12.5 Å². The van der Waals surface area contributed by atoms with E-state index in [0.717, 1.165) is 5.56 Å². The van der Waals surface area contributed by atoms with Gasteiger partial charge in [0, 0.05) is 0 Å². The lowest BCUT2D eigenvalue weighted by molar-refractivity contribution is 0.0582. The van der Waals surface area contributed by atoms with Gasteiger partial charge in [-0.2, -0.15) is 0 Å². The van der Waals surface area contributed by atoms with Crippen molar-refractivity contribution in [3.8, 4) is 0 Å². The first-order chi connectivity index (χ1) is 9.74. The fourth-order valence-electron chi connectivity index (χ4n) is 2.61. The minimum absolute atomic E-state index is 0.233. The normalized spacial score (nSPS) is 15.3. The van der Waals surface area contributed by atoms with Gasteiger partial charge in [0.05, 0.1) is 17.2 Å². The van der Waals surface area contributed by atoms with Crippen LogP contribution in [0.3, 0.4) is 0 Å². The summed E-state index contributed by atoms with van der Waals surface area (Å²) in [6, 6.07) is 16.2. The molecular weight excluding hydrogens is 250 g/mol. The maximum absolute atomic E-state index is 12.5. The standard InChI is InChI=1S/C17H14NO2/c1-2-15(12-8-4-3-5-9-12)18-16(19)13-10-6-7-11-14(13)17(18)20/h3-11,15H,1-2H2/t15-/m0/s1. The average Bonchev–Trinajstić information content (AvgIpc) is 2.75. The molecule has 3 rings (SSSR count). The summed E-state index contributed by atoms with van der Waals surface area (Å²) in [5, 5.41) is 0. The van der Waals surface area contributed by atoms with Gasteiger partial charge < -0.3 is 0 Å². The first-order valence-corrected chi connectivity index (χ1v) is 6.55. The summed E-state index contributed by atoms with van der Waals surface area (Å²) in [6.45, 7) is 3.89. The molecule has 1 atom stereocenters. The summed E-state index contributed by atoms with van der Waals surface area (Å²) in [7, 11) is 0. The van der Waals surface area contributed by atoms with E-state index in [0.29, 0.717) is 17.5 Å². The van der Waals surface area contributed by atoms with Crippen LogP contribution in [0.5, 0.6) is 0 Å². The SMILES string of the molecule is [CH2]C[C@@H](c1ccccc1)N1C(=O)c2ccccc2C1=O. The third-order valence-electron chi connectivity index (χ3n) is 3.59. The zero-order valence-corrected chi connectivity index (χ0v) is 11.0. The topological polar surface area (TPSA) is 37.4 Å². The number of hydrogen-bond acceptors (Lipinski definition) is 2. The molecule has 0 spiro atoms. The van der Waals surface area contributed by atoms with Crippen molar-refractivity contribution < 1.29 is 9.59 Å². The summed E-state index contributed by atoms with van der Waals surface area (Å²) in [5.41, 5.74) is 1.88. The van der Waals surface area contributed by atoms with Crippen molar-refractivity contribution in [3.63, 3.8) is 0 Å². The lowest BCUT2D eigenvalue weighted by atomic mass is 10.0. The number of rotatable bonds is 3. The molecule has 0 unspecified atom stereocenters. The zero-order chi connectivity index (χ0) is 14.1. The highest BCUT2D eigenvalue weighted by Crippen LogP contribution is 2.32. The first kappa shape index (κ1) is 12.6. The predicted molar refractivity (Wildman–Crippen MR) is 76.1 cm³/mol. The van der Waals surface area contributed by atoms with Gasteiger partial charge in [-0.3, -0.25) is 14.5 Å². The number of amides is 2. The van der Waals surface area contributed by atoms with Gasteiger partial charge in [-0.15, -0.1) is 0 Å². The van der Waals surface area contributed by atoms with E-state index in [1.807, 2.05) is 30.3 Å². The van der Waals surface area contributed by atoms with Crippen molar-refractivity contribution in [2.75, 3.05) is 0 Å². The van der Waals surface area contributed by atoms with Crippen LogP contribution in [-0.4, -0.2) is 16.7 Å². The van der Waals surface area contributed by atoms with Gasteiger partial charge in [0.25, 0.3) is 11.8 Å². The number of carbonyl (C=O) groups excluding carboxylic acids is 2. The van der Waals surface area contributed by atoms with Crippen LogP contribution in [0.15, 0.2) is 54.6 Å². The van der Waals surface area contributed by atoms with E-state index in [2.05, 4.69) is 6.92 Å². The molecule has 0 N–H and O–H groups in total. The van der Waals surface area contributed by atoms with E-state index in [1.54, 1.807) is 24.3 Å². The van der Waals surface area contributed by atoms with E-state index in [1.165, 1.54) is 4.90 Å². The van der Waals surface area contributed by atoms with Gasteiger partial charge in [-0.05, 0) is 24.1 Å². The molecule has 2 aromatic carbocycles.